The predicted molar refractivity (Wildman–Crippen MR) is 127 cm³/mol. The van der Waals surface area contributed by atoms with Gasteiger partial charge < -0.3 is 0 Å². The maximum Gasteiger partial charge on any atom is 0.196 e. The second-order valence-corrected chi connectivity index (χ2v) is 9.07. The molecule has 4 rings (SSSR count). The number of hydrogen-bond donors (Lipinski definition) is 0. The Labute approximate surface area is 191 Å². The van der Waals surface area contributed by atoms with E-state index in [0.29, 0.717) is 10.0 Å². The SMILES string of the molecule is Cc1cccc(-c2nnc(SCc3ccc(C)c(C)c3)n2-c2ccc(Cl)c(Cl)c2)c1. The van der Waals surface area contributed by atoms with Crippen molar-refractivity contribution in [2.24, 2.45) is 0 Å². The van der Waals surface area contributed by atoms with E-state index >= 15 is 0 Å². The highest BCUT2D eigenvalue weighted by molar-refractivity contribution is 7.98. The Hall–Kier alpha value is -2.27. The molecule has 0 bridgehead atoms. The van der Waals surface area contributed by atoms with E-state index < -0.39 is 0 Å². The van der Waals surface area contributed by atoms with E-state index in [2.05, 4.69) is 61.3 Å². The van der Waals surface area contributed by atoms with Crippen molar-refractivity contribution < 1.29 is 0 Å². The molecule has 0 spiro atoms. The van der Waals surface area contributed by atoms with Crippen LogP contribution >= 0.6 is 35.0 Å². The number of hydrogen-bond acceptors (Lipinski definition) is 3. The lowest BCUT2D eigenvalue weighted by Gasteiger charge is -2.12. The molecule has 3 nitrogen and oxygen atoms in total. The standard InChI is InChI=1S/C24H21Cl2N3S/c1-15-5-4-6-19(11-15)23-27-28-24(29(23)20-9-10-21(25)22(26)13-20)30-14-18-8-7-16(2)17(3)12-18/h4-13H,14H2,1-3H3. The molecule has 0 fully saturated rings. The van der Waals surface area contributed by atoms with Gasteiger partial charge in [0.25, 0.3) is 0 Å². The predicted octanol–water partition coefficient (Wildman–Crippen LogP) is 7.46. The molecule has 0 unspecified atom stereocenters. The van der Waals surface area contributed by atoms with Gasteiger partial charge >= 0.3 is 0 Å². The minimum absolute atomic E-state index is 0.503. The highest BCUT2D eigenvalue weighted by Gasteiger charge is 2.17. The third-order valence-corrected chi connectivity index (χ3v) is 6.75. The van der Waals surface area contributed by atoms with E-state index in [1.54, 1.807) is 17.8 Å². The first-order valence-corrected chi connectivity index (χ1v) is 11.3. The van der Waals surface area contributed by atoms with E-state index in [1.807, 2.05) is 28.8 Å². The van der Waals surface area contributed by atoms with Crippen molar-refractivity contribution >= 4 is 35.0 Å². The zero-order chi connectivity index (χ0) is 21.3. The Bertz CT molecular complexity index is 1220. The molecule has 0 aliphatic rings. The zero-order valence-corrected chi connectivity index (χ0v) is 19.3. The molecule has 1 aromatic heterocycles. The molecular formula is C24H21Cl2N3S. The van der Waals surface area contributed by atoms with Gasteiger partial charge in [0.15, 0.2) is 11.0 Å². The van der Waals surface area contributed by atoms with Gasteiger partial charge in [0.2, 0.25) is 0 Å². The van der Waals surface area contributed by atoms with Crippen molar-refractivity contribution in [3.8, 4) is 17.1 Å². The lowest BCUT2D eigenvalue weighted by Crippen LogP contribution is -2.00. The Kier molecular flexibility index (Phi) is 6.19. The van der Waals surface area contributed by atoms with Gasteiger partial charge in [-0.05, 0) is 61.7 Å². The largest absolute Gasteiger partial charge is 0.270 e. The van der Waals surface area contributed by atoms with Gasteiger partial charge in [-0.3, -0.25) is 4.57 Å². The van der Waals surface area contributed by atoms with E-state index in [9.17, 15) is 0 Å². The molecule has 0 atom stereocenters. The molecule has 0 aliphatic heterocycles. The average Bonchev–Trinajstić information content (AvgIpc) is 3.15. The molecule has 1 heterocycles. The Morgan fingerprint density at radius 2 is 1.67 bits per heavy atom. The van der Waals surface area contributed by atoms with Crippen molar-refractivity contribution in [2.45, 2.75) is 31.7 Å². The first-order valence-electron chi connectivity index (χ1n) is 9.59. The number of rotatable bonds is 5. The van der Waals surface area contributed by atoms with Crippen molar-refractivity contribution in [3.05, 3.63) is 93.0 Å². The number of benzene rings is 3. The molecule has 0 radical (unpaired) electrons. The first-order chi connectivity index (χ1) is 14.4. The molecule has 30 heavy (non-hydrogen) atoms. The highest BCUT2D eigenvalue weighted by atomic mass is 35.5. The molecule has 6 heteroatoms. The van der Waals surface area contributed by atoms with Crippen LogP contribution in [-0.2, 0) is 5.75 Å². The van der Waals surface area contributed by atoms with Gasteiger partial charge in [0, 0.05) is 11.3 Å². The van der Waals surface area contributed by atoms with Crippen molar-refractivity contribution in [1.29, 1.82) is 0 Å². The number of aryl methyl sites for hydroxylation is 3. The summed E-state index contributed by atoms with van der Waals surface area (Å²) in [5, 5.41) is 10.9. The van der Waals surface area contributed by atoms with Gasteiger partial charge in [-0.25, -0.2) is 0 Å². The molecule has 0 N–H and O–H groups in total. The Morgan fingerprint density at radius 3 is 2.40 bits per heavy atom. The van der Waals surface area contributed by atoms with Crippen LogP contribution in [0.15, 0.2) is 65.8 Å². The lowest BCUT2D eigenvalue weighted by molar-refractivity contribution is 0.886. The number of nitrogens with zero attached hydrogens (tertiary/aromatic N) is 3. The first kappa shape index (κ1) is 21.0. The molecule has 0 amide bonds. The number of thioether (sulfide) groups is 1. The summed E-state index contributed by atoms with van der Waals surface area (Å²) in [7, 11) is 0. The maximum atomic E-state index is 6.32. The fourth-order valence-electron chi connectivity index (χ4n) is 3.23. The van der Waals surface area contributed by atoms with E-state index in [-0.39, 0.29) is 0 Å². The van der Waals surface area contributed by atoms with Gasteiger partial charge in [-0.15, -0.1) is 10.2 Å². The molecule has 0 aliphatic carbocycles. The second-order valence-electron chi connectivity index (χ2n) is 7.32. The van der Waals surface area contributed by atoms with Crippen molar-refractivity contribution in [2.75, 3.05) is 0 Å². The third-order valence-electron chi connectivity index (χ3n) is 5.01. The van der Waals surface area contributed by atoms with Gasteiger partial charge in [0.1, 0.15) is 0 Å². The van der Waals surface area contributed by atoms with Crippen LogP contribution in [0.3, 0.4) is 0 Å². The minimum atomic E-state index is 0.503. The van der Waals surface area contributed by atoms with E-state index in [4.69, 9.17) is 23.2 Å². The van der Waals surface area contributed by atoms with Crippen LogP contribution in [0.1, 0.15) is 22.3 Å². The van der Waals surface area contributed by atoms with Crippen molar-refractivity contribution in [3.63, 3.8) is 0 Å². The summed E-state index contributed by atoms with van der Waals surface area (Å²) >= 11 is 14.1. The van der Waals surface area contributed by atoms with E-state index in [0.717, 1.165) is 28.0 Å². The zero-order valence-electron chi connectivity index (χ0n) is 17.0. The quantitative estimate of drug-likeness (QED) is 0.293. The third kappa shape index (κ3) is 4.41. The fraction of sp³-hybridized carbons (Fsp3) is 0.167. The van der Waals surface area contributed by atoms with Crippen LogP contribution in [0.25, 0.3) is 17.1 Å². The molecular weight excluding hydrogens is 433 g/mol. The number of aromatic nitrogens is 3. The van der Waals surface area contributed by atoms with Gasteiger partial charge in [-0.1, -0.05) is 76.9 Å². The monoisotopic (exact) mass is 453 g/mol. The maximum absolute atomic E-state index is 6.32. The summed E-state index contributed by atoms with van der Waals surface area (Å²) in [4.78, 5) is 0. The van der Waals surface area contributed by atoms with Crippen LogP contribution in [0.5, 0.6) is 0 Å². The normalized spacial score (nSPS) is 11.1. The smallest absolute Gasteiger partial charge is 0.196 e. The summed E-state index contributed by atoms with van der Waals surface area (Å²) in [6.45, 7) is 6.33. The van der Waals surface area contributed by atoms with Crippen LogP contribution in [0, 0.1) is 20.8 Å². The second kappa shape index (κ2) is 8.84. The highest BCUT2D eigenvalue weighted by Crippen LogP contribution is 2.33. The summed E-state index contributed by atoms with van der Waals surface area (Å²) in [6.07, 6.45) is 0. The van der Waals surface area contributed by atoms with Crippen LogP contribution in [0.2, 0.25) is 10.0 Å². The van der Waals surface area contributed by atoms with Crippen LogP contribution in [-0.4, -0.2) is 14.8 Å². The molecule has 0 saturated heterocycles. The minimum Gasteiger partial charge on any atom is -0.270 e. The number of halogens is 2. The van der Waals surface area contributed by atoms with Gasteiger partial charge in [-0.2, -0.15) is 0 Å². The average molecular weight is 454 g/mol. The Balaban J connectivity index is 1.76. The summed E-state index contributed by atoms with van der Waals surface area (Å²) in [6, 6.07) is 20.4. The van der Waals surface area contributed by atoms with Gasteiger partial charge in [0.05, 0.1) is 15.7 Å². The molecule has 3 aromatic carbocycles. The summed E-state index contributed by atoms with van der Waals surface area (Å²) in [5.74, 6) is 1.58. The Morgan fingerprint density at radius 1 is 0.833 bits per heavy atom. The molecule has 0 saturated carbocycles. The van der Waals surface area contributed by atoms with Crippen LogP contribution < -0.4 is 0 Å². The summed E-state index contributed by atoms with van der Waals surface area (Å²) in [5.41, 5.74) is 6.90. The summed E-state index contributed by atoms with van der Waals surface area (Å²) < 4.78 is 2.04. The topological polar surface area (TPSA) is 30.7 Å². The fourth-order valence-corrected chi connectivity index (χ4v) is 4.42. The van der Waals surface area contributed by atoms with Crippen LogP contribution in [0.4, 0.5) is 0 Å². The molecule has 152 valence electrons. The van der Waals surface area contributed by atoms with Crippen molar-refractivity contribution in [1.82, 2.24) is 14.8 Å². The van der Waals surface area contributed by atoms with E-state index in [1.165, 1.54) is 22.3 Å². The lowest BCUT2D eigenvalue weighted by atomic mass is 10.1. The molecule has 4 aromatic rings.